The second-order valence-corrected chi connectivity index (χ2v) is 7.57. The number of nitrogens with one attached hydrogen (secondary N) is 3. The molecule has 0 aliphatic rings. The van der Waals surface area contributed by atoms with Gasteiger partial charge in [0.25, 0.3) is 11.8 Å². The lowest BCUT2D eigenvalue weighted by Crippen LogP contribution is -2.32. The molecule has 0 atom stereocenters. The zero-order valence-corrected chi connectivity index (χ0v) is 19.7. The Kier molecular flexibility index (Phi) is 9.18. The first-order valence-corrected chi connectivity index (χ1v) is 11.2. The molecule has 0 bridgehead atoms. The molecule has 0 aliphatic heterocycles. The summed E-state index contributed by atoms with van der Waals surface area (Å²) >= 11 is 0. The number of carbonyl (C=O) groups excluding carboxylic acids is 3. The molecule has 0 saturated heterocycles. The SMILES string of the molecule is CCCCOc1ccc(C(=O)NCC(=O)Nc2ccc(NC(=O)c3cccnc3)c(OC)c2)cc1. The molecule has 2 aromatic carbocycles. The first kappa shape index (κ1) is 25.2. The van der Waals surface area contributed by atoms with Crippen molar-refractivity contribution >= 4 is 29.1 Å². The minimum atomic E-state index is -0.410. The van der Waals surface area contributed by atoms with Gasteiger partial charge in [-0.15, -0.1) is 0 Å². The number of pyridine rings is 1. The summed E-state index contributed by atoms with van der Waals surface area (Å²) in [6.07, 6.45) is 5.05. The van der Waals surface area contributed by atoms with Crippen LogP contribution >= 0.6 is 0 Å². The number of carbonyl (C=O) groups is 3. The molecule has 1 heterocycles. The Bertz CT molecular complexity index is 1150. The number of unbranched alkanes of at least 4 members (excludes halogenated alkanes) is 1. The molecule has 9 nitrogen and oxygen atoms in total. The van der Waals surface area contributed by atoms with Crippen LogP contribution < -0.4 is 25.4 Å². The average molecular weight is 477 g/mol. The summed E-state index contributed by atoms with van der Waals surface area (Å²) in [6.45, 7) is 2.50. The number of hydrogen-bond donors (Lipinski definition) is 3. The predicted molar refractivity (Wildman–Crippen MR) is 133 cm³/mol. The number of anilines is 2. The Morgan fingerprint density at radius 3 is 2.43 bits per heavy atom. The van der Waals surface area contributed by atoms with Crippen LogP contribution in [0.1, 0.15) is 40.5 Å². The van der Waals surface area contributed by atoms with Crippen molar-refractivity contribution in [3.8, 4) is 11.5 Å². The molecule has 3 N–H and O–H groups in total. The lowest BCUT2D eigenvalue weighted by Gasteiger charge is -2.13. The fourth-order valence-corrected chi connectivity index (χ4v) is 3.07. The Balaban J connectivity index is 1.52. The first-order chi connectivity index (χ1) is 17.0. The van der Waals surface area contributed by atoms with E-state index in [9.17, 15) is 14.4 Å². The van der Waals surface area contributed by atoms with Crippen LogP contribution in [0.5, 0.6) is 11.5 Å². The van der Waals surface area contributed by atoms with E-state index in [-0.39, 0.29) is 18.4 Å². The minimum Gasteiger partial charge on any atom is -0.494 e. The lowest BCUT2D eigenvalue weighted by atomic mass is 10.2. The zero-order chi connectivity index (χ0) is 25.0. The topological polar surface area (TPSA) is 119 Å². The quantitative estimate of drug-likeness (QED) is 0.361. The maximum absolute atomic E-state index is 12.4. The van der Waals surface area contributed by atoms with Gasteiger partial charge < -0.3 is 25.4 Å². The number of hydrogen-bond acceptors (Lipinski definition) is 6. The number of ether oxygens (including phenoxy) is 2. The average Bonchev–Trinajstić information content (AvgIpc) is 2.89. The van der Waals surface area contributed by atoms with E-state index in [0.717, 1.165) is 12.8 Å². The summed E-state index contributed by atoms with van der Waals surface area (Å²) in [4.78, 5) is 41.0. The highest BCUT2D eigenvalue weighted by Crippen LogP contribution is 2.28. The van der Waals surface area contributed by atoms with Crippen LogP contribution in [0.4, 0.5) is 11.4 Å². The molecule has 3 aromatic rings. The third-order valence-electron chi connectivity index (χ3n) is 4.95. The monoisotopic (exact) mass is 476 g/mol. The summed E-state index contributed by atoms with van der Waals surface area (Å²) < 4.78 is 10.9. The van der Waals surface area contributed by atoms with Crippen molar-refractivity contribution in [2.24, 2.45) is 0 Å². The number of methoxy groups -OCH3 is 1. The summed E-state index contributed by atoms with van der Waals surface area (Å²) in [6, 6.07) is 14.9. The van der Waals surface area contributed by atoms with Gasteiger partial charge in [-0.05, 0) is 55.0 Å². The highest BCUT2D eigenvalue weighted by atomic mass is 16.5. The molecule has 9 heteroatoms. The van der Waals surface area contributed by atoms with Gasteiger partial charge in [0.05, 0.1) is 31.5 Å². The van der Waals surface area contributed by atoms with Gasteiger partial charge in [0.2, 0.25) is 5.91 Å². The fraction of sp³-hybridized carbons (Fsp3) is 0.231. The van der Waals surface area contributed by atoms with E-state index in [1.165, 1.54) is 13.3 Å². The lowest BCUT2D eigenvalue weighted by molar-refractivity contribution is -0.115. The molecule has 0 saturated carbocycles. The fourth-order valence-electron chi connectivity index (χ4n) is 3.07. The van der Waals surface area contributed by atoms with Crippen LogP contribution in [0.15, 0.2) is 67.0 Å². The van der Waals surface area contributed by atoms with E-state index in [1.807, 2.05) is 0 Å². The van der Waals surface area contributed by atoms with Gasteiger partial charge in [-0.3, -0.25) is 19.4 Å². The van der Waals surface area contributed by atoms with Crippen molar-refractivity contribution in [2.75, 3.05) is 30.9 Å². The normalized spacial score (nSPS) is 10.2. The number of rotatable bonds is 11. The smallest absolute Gasteiger partial charge is 0.257 e. The van der Waals surface area contributed by atoms with Gasteiger partial charge in [-0.2, -0.15) is 0 Å². The van der Waals surface area contributed by atoms with Gasteiger partial charge in [0, 0.05) is 29.7 Å². The number of benzene rings is 2. The molecule has 0 fully saturated rings. The van der Waals surface area contributed by atoms with Crippen molar-refractivity contribution in [3.05, 3.63) is 78.1 Å². The molecule has 35 heavy (non-hydrogen) atoms. The molecular formula is C26H28N4O5. The van der Waals surface area contributed by atoms with Crippen LogP contribution in [0.2, 0.25) is 0 Å². The van der Waals surface area contributed by atoms with Crippen molar-refractivity contribution in [2.45, 2.75) is 19.8 Å². The summed E-state index contributed by atoms with van der Waals surface area (Å²) in [5.74, 6) is -0.0538. The van der Waals surface area contributed by atoms with Crippen molar-refractivity contribution in [1.29, 1.82) is 0 Å². The summed E-state index contributed by atoms with van der Waals surface area (Å²) in [5.41, 5.74) is 1.72. The largest absolute Gasteiger partial charge is 0.494 e. The Hall–Kier alpha value is -4.40. The van der Waals surface area contributed by atoms with E-state index in [1.54, 1.807) is 60.8 Å². The zero-order valence-electron chi connectivity index (χ0n) is 19.7. The molecule has 0 aliphatic carbocycles. The maximum Gasteiger partial charge on any atom is 0.257 e. The van der Waals surface area contributed by atoms with E-state index < -0.39 is 5.91 Å². The second kappa shape index (κ2) is 12.7. The molecule has 0 unspecified atom stereocenters. The maximum atomic E-state index is 12.4. The van der Waals surface area contributed by atoms with Gasteiger partial charge >= 0.3 is 0 Å². The summed E-state index contributed by atoms with van der Waals surface area (Å²) in [7, 11) is 1.46. The molecular weight excluding hydrogens is 448 g/mol. The van der Waals surface area contributed by atoms with Gasteiger partial charge in [0.15, 0.2) is 0 Å². The molecule has 0 spiro atoms. The van der Waals surface area contributed by atoms with E-state index >= 15 is 0 Å². The van der Waals surface area contributed by atoms with Gasteiger partial charge in [0.1, 0.15) is 11.5 Å². The van der Waals surface area contributed by atoms with Crippen molar-refractivity contribution in [1.82, 2.24) is 10.3 Å². The Labute approximate surface area is 203 Å². The molecule has 3 rings (SSSR count). The minimum absolute atomic E-state index is 0.213. The van der Waals surface area contributed by atoms with E-state index in [2.05, 4.69) is 27.9 Å². The molecule has 0 radical (unpaired) electrons. The number of amides is 3. The van der Waals surface area contributed by atoms with Crippen LogP contribution in [0.3, 0.4) is 0 Å². The van der Waals surface area contributed by atoms with E-state index in [4.69, 9.17) is 9.47 Å². The molecule has 3 amide bonds. The van der Waals surface area contributed by atoms with Crippen molar-refractivity contribution < 1.29 is 23.9 Å². The summed E-state index contributed by atoms with van der Waals surface area (Å²) in [5, 5.41) is 8.04. The van der Waals surface area contributed by atoms with Crippen LogP contribution in [-0.2, 0) is 4.79 Å². The second-order valence-electron chi connectivity index (χ2n) is 7.57. The standard InChI is InChI=1S/C26H28N4O5/c1-3-4-14-35-21-10-7-18(8-11-21)25(32)28-17-24(31)29-20-9-12-22(23(15-20)34-2)30-26(33)19-6-5-13-27-16-19/h5-13,15-16H,3-4,14,17H2,1-2H3,(H,28,32)(H,29,31)(H,30,33). The predicted octanol–water partition coefficient (Wildman–Crippen LogP) is 3.89. The molecule has 182 valence electrons. The number of nitrogens with zero attached hydrogens (tertiary/aromatic N) is 1. The van der Waals surface area contributed by atoms with Crippen LogP contribution in [-0.4, -0.2) is 43.0 Å². The Morgan fingerprint density at radius 1 is 0.943 bits per heavy atom. The highest BCUT2D eigenvalue weighted by molar-refractivity contribution is 6.05. The van der Waals surface area contributed by atoms with Gasteiger partial charge in [-0.1, -0.05) is 13.3 Å². The third-order valence-corrected chi connectivity index (χ3v) is 4.95. The van der Waals surface area contributed by atoms with Gasteiger partial charge in [-0.25, -0.2) is 0 Å². The highest BCUT2D eigenvalue weighted by Gasteiger charge is 2.13. The number of aromatic nitrogens is 1. The molecule has 1 aromatic heterocycles. The van der Waals surface area contributed by atoms with Crippen LogP contribution in [0.25, 0.3) is 0 Å². The van der Waals surface area contributed by atoms with Crippen LogP contribution in [0, 0.1) is 0 Å². The van der Waals surface area contributed by atoms with E-state index in [0.29, 0.717) is 40.6 Å². The third kappa shape index (κ3) is 7.56. The first-order valence-electron chi connectivity index (χ1n) is 11.2. The van der Waals surface area contributed by atoms with Crippen molar-refractivity contribution in [3.63, 3.8) is 0 Å². The Morgan fingerprint density at radius 2 is 1.74 bits per heavy atom.